The molecule has 5 heteroatoms. The zero-order valence-corrected chi connectivity index (χ0v) is 5.87. The van der Waals surface area contributed by atoms with Gasteiger partial charge in [0.25, 0.3) is 0 Å². The average molecular weight is 153 g/mol. The van der Waals surface area contributed by atoms with E-state index >= 15 is 0 Å². The van der Waals surface area contributed by atoms with Crippen molar-refractivity contribution in [3.63, 3.8) is 0 Å². The van der Waals surface area contributed by atoms with Gasteiger partial charge in [0.05, 0.1) is 5.75 Å². The molecule has 1 aliphatic heterocycles. The van der Waals surface area contributed by atoms with Crippen LogP contribution in [0.15, 0.2) is 10.2 Å². The van der Waals surface area contributed by atoms with Crippen molar-refractivity contribution in [2.45, 2.75) is 12.6 Å². The molecule has 0 radical (unpaired) electrons. The number of hydrogen-bond acceptors (Lipinski definition) is 3. The van der Waals surface area contributed by atoms with Crippen molar-refractivity contribution in [3.05, 3.63) is 0 Å². The first-order valence-corrected chi connectivity index (χ1v) is 4.26. The van der Waals surface area contributed by atoms with Gasteiger partial charge in [0.15, 0.2) is 0 Å². The lowest BCUT2D eigenvalue weighted by Crippen LogP contribution is -2.12. The van der Waals surface area contributed by atoms with Gasteiger partial charge in [-0.3, -0.25) is 0 Å². The Bertz CT molecular complexity index is 151. The molecular formula is C3H5ClN2OS. The summed E-state index contributed by atoms with van der Waals surface area (Å²) in [5.41, 5.74) is -0.410. The molecule has 0 fully saturated rings. The fourth-order valence-corrected chi connectivity index (χ4v) is 1.52. The quantitative estimate of drug-likeness (QED) is 0.546. The molecule has 0 aromatic carbocycles. The molecule has 1 aliphatic rings. The first-order chi connectivity index (χ1) is 3.62. The summed E-state index contributed by atoms with van der Waals surface area (Å²) in [5, 5.41) is 7.24. The summed E-state index contributed by atoms with van der Waals surface area (Å²) in [6.07, 6.45) is 0. The van der Waals surface area contributed by atoms with Crippen molar-refractivity contribution in [1.82, 2.24) is 0 Å². The number of rotatable bonds is 2. The standard InChI is InChI=1S/C3H5ClN2OS/c1-3(5-6-3)2-8(4)7/h2H2,1H3. The molecule has 0 aliphatic carbocycles. The van der Waals surface area contributed by atoms with Gasteiger partial charge >= 0.3 is 0 Å². The molecule has 0 amide bonds. The van der Waals surface area contributed by atoms with Gasteiger partial charge in [-0.25, -0.2) is 4.21 Å². The zero-order valence-electron chi connectivity index (χ0n) is 4.30. The van der Waals surface area contributed by atoms with Crippen molar-refractivity contribution in [3.8, 4) is 0 Å². The molecule has 1 rings (SSSR count). The Morgan fingerprint density at radius 2 is 2.25 bits per heavy atom. The van der Waals surface area contributed by atoms with E-state index < -0.39 is 15.7 Å². The van der Waals surface area contributed by atoms with Crippen LogP contribution < -0.4 is 0 Å². The lowest BCUT2D eigenvalue weighted by Gasteiger charge is -1.94. The van der Waals surface area contributed by atoms with E-state index in [1.165, 1.54) is 0 Å². The summed E-state index contributed by atoms with van der Waals surface area (Å²) in [4.78, 5) is 0. The van der Waals surface area contributed by atoms with Crippen LogP contribution in [0.2, 0.25) is 0 Å². The van der Waals surface area contributed by atoms with Crippen LogP contribution >= 0.6 is 10.7 Å². The highest BCUT2D eigenvalue weighted by atomic mass is 35.7. The van der Waals surface area contributed by atoms with Crippen LogP contribution in [0, 0.1) is 0 Å². The van der Waals surface area contributed by atoms with Crippen LogP contribution in [0.5, 0.6) is 0 Å². The van der Waals surface area contributed by atoms with E-state index in [4.69, 9.17) is 10.7 Å². The molecule has 8 heavy (non-hydrogen) atoms. The minimum absolute atomic E-state index is 0.342. The van der Waals surface area contributed by atoms with Gasteiger partial charge in [0.2, 0.25) is 5.66 Å². The third-order valence-corrected chi connectivity index (χ3v) is 1.93. The molecule has 0 N–H and O–H groups in total. The first-order valence-electron chi connectivity index (χ1n) is 2.11. The van der Waals surface area contributed by atoms with E-state index in [2.05, 4.69) is 10.2 Å². The van der Waals surface area contributed by atoms with Gasteiger partial charge in [-0.2, -0.15) is 10.2 Å². The summed E-state index contributed by atoms with van der Waals surface area (Å²) >= 11 is 0. The van der Waals surface area contributed by atoms with E-state index in [9.17, 15) is 4.21 Å². The minimum atomic E-state index is -1.29. The van der Waals surface area contributed by atoms with Crippen molar-refractivity contribution < 1.29 is 4.21 Å². The average Bonchev–Trinajstić information content (AvgIpc) is 2.17. The molecule has 46 valence electrons. The third-order valence-electron chi connectivity index (χ3n) is 0.828. The molecular weight excluding hydrogens is 148 g/mol. The second-order valence-corrected chi connectivity index (χ2v) is 3.75. The van der Waals surface area contributed by atoms with Gasteiger partial charge < -0.3 is 0 Å². The molecule has 3 nitrogen and oxygen atoms in total. The van der Waals surface area contributed by atoms with E-state index in [0.29, 0.717) is 5.75 Å². The predicted molar refractivity (Wildman–Crippen MR) is 32.1 cm³/mol. The van der Waals surface area contributed by atoms with Gasteiger partial charge in [0.1, 0.15) is 10.0 Å². The molecule has 0 saturated carbocycles. The largest absolute Gasteiger partial charge is 0.243 e. The lowest BCUT2D eigenvalue weighted by atomic mass is 10.3. The van der Waals surface area contributed by atoms with Crippen molar-refractivity contribution in [2.24, 2.45) is 10.2 Å². The summed E-state index contributed by atoms with van der Waals surface area (Å²) in [6.45, 7) is 1.78. The normalized spacial score (nSPS) is 25.2. The molecule has 0 bridgehead atoms. The zero-order chi connectivity index (χ0) is 6.20. The lowest BCUT2D eigenvalue weighted by molar-refractivity contribution is 0.677. The Kier molecular flexibility index (Phi) is 1.37. The topological polar surface area (TPSA) is 41.8 Å². The molecule has 0 saturated heterocycles. The minimum Gasteiger partial charge on any atom is -0.243 e. The maximum absolute atomic E-state index is 10.3. The second-order valence-electron chi connectivity index (χ2n) is 1.85. The van der Waals surface area contributed by atoms with Crippen LogP contribution in [0.3, 0.4) is 0 Å². The number of halogens is 1. The SMILES string of the molecule is CC1(CS(=O)Cl)N=N1. The Morgan fingerprint density at radius 1 is 1.75 bits per heavy atom. The molecule has 1 unspecified atom stereocenters. The highest BCUT2D eigenvalue weighted by Gasteiger charge is 2.35. The van der Waals surface area contributed by atoms with Gasteiger partial charge in [0, 0.05) is 0 Å². The smallest absolute Gasteiger partial charge is 0.200 e. The molecule has 1 heterocycles. The van der Waals surface area contributed by atoms with Crippen LogP contribution in [0.1, 0.15) is 6.92 Å². The van der Waals surface area contributed by atoms with E-state index in [0.717, 1.165) is 0 Å². The third kappa shape index (κ3) is 1.52. The maximum atomic E-state index is 10.3. The number of hydrogen-bond donors (Lipinski definition) is 0. The Hall–Kier alpha value is 0.0400. The van der Waals surface area contributed by atoms with Gasteiger partial charge in [-0.05, 0) is 17.6 Å². The highest BCUT2D eigenvalue weighted by molar-refractivity contribution is 8.08. The van der Waals surface area contributed by atoms with Gasteiger partial charge in [-0.1, -0.05) is 0 Å². The van der Waals surface area contributed by atoms with Crippen LogP contribution in [-0.4, -0.2) is 15.6 Å². The van der Waals surface area contributed by atoms with E-state index in [1.54, 1.807) is 6.92 Å². The molecule has 1 atom stereocenters. The van der Waals surface area contributed by atoms with Gasteiger partial charge in [-0.15, -0.1) is 0 Å². The monoisotopic (exact) mass is 152 g/mol. The van der Waals surface area contributed by atoms with Crippen LogP contribution in [-0.2, 0) is 10.0 Å². The molecule has 0 aromatic heterocycles. The number of nitrogens with zero attached hydrogens (tertiary/aromatic N) is 2. The van der Waals surface area contributed by atoms with Crippen molar-refractivity contribution in [2.75, 3.05) is 5.75 Å². The second kappa shape index (κ2) is 1.77. The first kappa shape index (κ1) is 6.16. The Morgan fingerprint density at radius 3 is 2.38 bits per heavy atom. The molecule has 0 aromatic rings. The summed E-state index contributed by atoms with van der Waals surface area (Å²) in [6, 6.07) is 0. The summed E-state index contributed by atoms with van der Waals surface area (Å²) in [5.74, 6) is 0.342. The van der Waals surface area contributed by atoms with E-state index in [-0.39, 0.29) is 0 Å². The molecule has 0 spiro atoms. The Balaban J connectivity index is 2.31. The fourth-order valence-electron chi connectivity index (χ4n) is 0.358. The fraction of sp³-hybridized carbons (Fsp3) is 1.00. The van der Waals surface area contributed by atoms with Crippen molar-refractivity contribution in [1.29, 1.82) is 0 Å². The summed E-state index contributed by atoms with van der Waals surface area (Å²) < 4.78 is 10.3. The highest BCUT2D eigenvalue weighted by Crippen LogP contribution is 2.28. The summed E-state index contributed by atoms with van der Waals surface area (Å²) in [7, 11) is 3.87. The maximum Gasteiger partial charge on any atom is 0.200 e. The Labute approximate surface area is 54.1 Å². The van der Waals surface area contributed by atoms with Crippen molar-refractivity contribution >= 4 is 20.7 Å². The van der Waals surface area contributed by atoms with Crippen LogP contribution in [0.4, 0.5) is 0 Å². The predicted octanol–water partition coefficient (Wildman–Crippen LogP) is 1.07. The van der Waals surface area contributed by atoms with Crippen LogP contribution in [0.25, 0.3) is 0 Å². The van der Waals surface area contributed by atoms with E-state index in [1.807, 2.05) is 0 Å².